The van der Waals surface area contributed by atoms with Gasteiger partial charge in [0.15, 0.2) is 5.76 Å². The Labute approximate surface area is 190 Å². The molecule has 0 bridgehead atoms. The molecule has 3 aromatic carbocycles. The summed E-state index contributed by atoms with van der Waals surface area (Å²) in [5, 5.41) is 1.06. The van der Waals surface area contributed by atoms with Gasteiger partial charge in [0, 0.05) is 35.8 Å². The molecule has 0 atom stereocenters. The number of fused-ring (bicyclic) bond motifs is 2. The van der Waals surface area contributed by atoms with Crippen molar-refractivity contribution in [3.63, 3.8) is 0 Å². The van der Waals surface area contributed by atoms with Crippen LogP contribution in [0.5, 0.6) is 11.5 Å². The summed E-state index contributed by atoms with van der Waals surface area (Å²) >= 11 is 0. The van der Waals surface area contributed by atoms with Crippen molar-refractivity contribution in [2.45, 2.75) is 6.61 Å². The molecule has 33 heavy (non-hydrogen) atoms. The van der Waals surface area contributed by atoms with Crippen LogP contribution in [0.3, 0.4) is 0 Å². The van der Waals surface area contributed by atoms with Gasteiger partial charge in [-0.05, 0) is 42.0 Å². The lowest BCUT2D eigenvalue weighted by Crippen LogP contribution is -2.02. The summed E-state index contributed by atoms with van der Waals surface area (Å²) in [5.74, 6) is 0.824. The van der Waals surface area contributed by atoms with Gasteiger partial charge in [-0.1, -0.05) is 30.3 Å². The zero-order valence-corrected chi connectivity index (χ0v) is 18.2. The maximum atomic E-state index is 12.9. The Morgan fingerprint density at radius 1 is 1.06 bits per heavy atom. The van der Waals surface area contributed by atoms with Crippen molar-refractivity contribution < 1.29 is 23.8 Å². The van der Waals surface area contributed by atoms with E-state index in [1.807, 2.05) is 54.2 Å². The van der Waals surface area contributed by atoms with Gasteiger partial charge < -0.3 is 18.8 Å². The van der Waals surface area contributed by atoms with Crippen molar-refractivity contribution in [2.75, 3.05) is 7.11 Å². The first kappa shape index (κ1) is 20.6. The van der Waals surface area contributed by atoms with Gasteiger partial charge in [0.1, 0.15) is 18.1 Å². The predicted molar refractivity (Wildman–Crippen MR) is 124 cm³/mol. The Morgan fingerprint density at radius 2 is 1.85 bits per heavy atom. The molecular weight excluding hydrogens is 418 g/mol. The van der Waals surface area contributed by atoms with Crippen LogP contribution in [-0.2, 0) is 18.4 Å². The Balaban J connectivity index is 1.33. The summed E-state index contributed by atoms with van der Waals surface area (Å²) in [6.07, 6.45) is 3.77. The lowest BCUT2D eigenvalue weighted by atomic mass is 10.1. The first-order valence-corrected chi connectivity index (χ1v) is 10.5. The second-order valence-corrected chi connectivity index (χ2v) is 7.79. The predicted octanol–water partition coefficient (Wildman–Crippen LogP) is 5.16. The van der Waals surface area contributed by atoms with E-state index >= 15 is 0 Å². The molecule has 1 aromatic heterocycles. The quantitative estimate of drug-likeness (QED) is 0.317. The van der Waals surface area contributed by atoms with Crippen LogP contribution in [0.1, 0.15) is 31.8 Å². The Kier molecular flexibility index (Phi) is 5.18. The number of Topliss-reactive ketones (excluding diaryl/α,β-unsaturated/α-hetero) is 1. The van der Waals surface area contributed by atoms with Crippen LogP contribution in [0.2, 0.25) is 0 Å². The van der Waals surface area contributed by atoms with Gasteiger partial charge in [0.05, 0.1) is 18.2 Å². The summed E-state index contributed by atoms with van der Waals surface area (Å²) in [6.45, 7) is 0.312. The maximum Gasteiger partial charge on any atom is 0.337 e. The summed E-state index contributed by atoms with van der Waals surface area (Å²) in [5.41, 5.74) is 3.91. The number of ether oxygens (including phenoxy) is 3. The minimum atomic E-state index is -0.379. The highest BCUT2D eigenvalue weighted by molar-refractivity contribution is 6.15. The molecule has 0 amide bonds. The monoisotopic (exact) mass is 439 g/mol. The van der Waals surface area contributed by atoms with Crippen LogP contribution >= 0.6 is 0 Å². The molecule has 0 aliphatic carbocycles. The van der Waals surface area contributed by atoms with Crippen molar-refractivity contribution in [2.24, 2.45) is 7.05 Å². The molecule has 164 valence electrons. The third-order valence-corrected chi connectivity index (χ3v) is 5.64. The topological polar surface area (TPSA) is 66.8 Å². The van der Waals surface area contributed by atoms with Crippen LogP contribution < -0.4 is 9.47 Å². The molecule has 6 nitrogen and oxygen atoms in total. The summed E-state index contributed by atoms with van der Waals surface area (Å²) in [4.78, 5) is 24.4. The van der Waals surface area contributed by atoms with Gasteiger partial charge in [-0.3, -0.25) is 4.79 Å². The number of rotatable bonds is 5. The number of allylic oxidation sites excluding steroid dienone is 1. The molecule has 4 aromatic rings. The van der Waals surface area contributed by atoms with E-state index in [0.29, 0.717) is 29.2 Å². The highest BCUT2D eigenvalue weighted by Gasteiger charge is 2.28. The molecule has 0 fully saturated rings. The van der Waals surface area contributed by atoms with Gasteiger partial charge in [0.25, 0.3) is 0 Å². The molecule has 2 heterocycles. The van der Waals surface area contributed by atoms with E-state index in [-0.39, 0.29) is 17.5 Å². The second kappa shape index (κ2) is 8.31. The maximum absolute atomic E-state index is 12.9. The number of carbonyl (C=O) groups is 2. The molecule has 0 saturated heterocycles. The van der Waals surface area contributed by atoms with Crippen LogP contribution in [0, 0.1) is 0 Å². The van der Waals surface area contributed by atoms with Crippen molar-refractivity contribution in [1.82, 2.24) is 4.57 Å². The zero-order valence-electron chi connectivity index (χ0n) is 18.2. The van der Waals surface area contributed by atoms with Crippen molar-refractivity contribution >= 4 is 28.7 Å². The van der Waals surface area contributed by atoms with Crippen LogP contribution in [0.15, 0.2) is 78.7 Å². The smallest absolute Gasteiger partial charge is 0.337 e. The molecule has 0 unspecified atom stereocenters. The number of hydrogen-bond donors (Lipinski definition) is 0. The van der Waals surface area contributed by atoms with Crippen molar-refractivity contribution in [3.8, 4) is 11.5 Å². The second-order valence-electron chi connectivity index (χ2n) is 7.79. The molecule has 0 saturated carbocycles. The number of hydrogen-bond acceptors (Lipinski definition) is 5. The van der Waals surface area contributed by atoms with E-state index < -0.39 is 0 Å². The molecule has 1 aliphatic rings. The fourth-order valence-electron chi connectivity index (χ4n) is 3.91. The fourth-order valence-corrected chi connectivity index (χ4v) is 3.91. The zero-order chi connectivity index (χ0) is 22.9. The van der Waals surface area contributed by atoms with Crippen molar-refractivity contribution in [3.05, 3.63) is 101 Å². The molecule has 0 N–H and O–H groups in total. The number of aromatic nitrogens is 1. The number of benzene rings is 3. The third-order valence-electron chi connectivity index (χ3n) is 5.64. The lowest BCUT2D eigenvalue weighted by Gasteiger charge is -2.08. The minimum absolute atomic E-state index is 0.150. The van der Waals surface area contributed by atoms with E-state index in [4.69, 9.17) is 14.2 Å². The van der Waals surface area contributed by atoms with E-state index in [1.54, 1.807) is 36.4 Å². The van der Waals surface area contributed by atoms with E-state index in [1.165, 1.54) is 7.11 Å². The van der Waals surface area contributed by atoms with Crippen molar-refractivity contribution in [1.29, 1.82) is 0 Å². The lowest BCUT2D eigenvalue weighted by molar-refractivity contribution is 0.0600. The van der Waals surface area contributed by atoms with Crippen LogP contribution in [-0.4, -0.2) is 23.4 Å². The normalized spacial score (nSPS) is 13.8. The van der Waals surface area contributed by atoms with Gasteiger partial charge >= 0.3 is 5.97 Å². The largest absolute Gasteiger partial charge is 0.489 e. The number of nitrogens with zero attached hydrogens (tertiary/aromatic N) is 1. The third kappa shape index (κ3) is 3.87. The van der Waals surface area contributed by atoms with E-state index in [2.05, 4.69) is 0 Å². The molecule has 0 radical (unpaired) electrons. The molecular formula is C27H21NO5. The highest BCUT2D eigenvalue weighted by Crippen LogP contribution is 2.36. The number of carbonyl (C=O) groups excluding carboxylic acids is 2. The number of methoxy groups -OCH3 is 1. The number of esters is 1. The Hall–Kier alpha value is -4.32. The first-order valence-electron chi connectivity index (χ1n) is 10.5. The summed E-state index contributed by atoms with van der Waals surface area (Å²) in [6, 6.07) is 20.2. The van der Waals surface area contributed by atoms with E-state index in [9.17, 15) is 9.59 Å². The highest BCUT2D eigenvalue weighted by atomic mass is 16.5. The average molecular weight is 439 g/mol. The van der Waals surface area contributed by atoms with Gasteiger partial charge in [-0.2, -0.15) is 0 Å². The first-order chi connectivity index (χ1) is 16.0. The Morgan fingerprint density at radius 3 is 2.64 bits per heavy atom. The SMILES string of the molecule is COC(=O)c1ccc(COc2ccc3c(c2)O/C(=C/c2cn(C)c4ccccc24)C3=O)cc1. The molecule has 5 rings (SSSR count). The number of aryl methyl sites for hydroxylation is 1. The number of ketones is 1. The van der Waals surface area contributed by atoms with Gasteiger partial charge in [-0.25, -0.2) is 4.79 Å². The Bertz CT molecular complexity index is 1410. The number of para-hydroxylation sites is 1. The standard InChI is InChI=1S/C27H21NO5/c1-28-15-19(21-5-3-4-6-23(21)28)13-25-26(29)22-12-11-20(14-24(22)33-25)32-16-17-7-9-18(10-8-17)27(30)31-2/h3-15H,16H2,1-2H3/b25-13+. The summed E-state index contributed by atoms with van der Waals surface area (Å²) < 4.78 is 18.5. The average Bonchev–Trinajstić information content (AvgIpc) is 3.33. The summed E-state index contributed by atoms with van der Waals surface area (Å²) in [7, 11) is 3.33. The molecule has 0 spiro atoms. The fraction of sp³-hybridized carbons (Fsp3) is 0.111. The molecule has 6 heteroatoms. The van der Waals surface area contributed by atoms with Crippen LogP contribution in [0.25, 0.3) is 17.0 Å². The van der Waals surface area contributed by atoms with Gasteiger partial charge in [-0.15, -0.1) is 0 Å². The minimum Gasteiger partial charge on any atom is -0.489 e. The van der Waals surface area contributed by atoms with Crippen LogP contribution in [0.4, 0.5) is 0 Å². The molecule has 1 aliphatic heterocycles. The van der Waals surface area contributed by atoms with E-state index in [0.717, 1.165) is 22.0 Å². The van der Waals surface area contributed by atoms with Gasteiger partial charge in [0.2, 0.25) is 5.78 Å².